The first-order valence-corrected chi connectivity index (χ1v) is 2.98. The topological polar surface area (TPSA) is 115 Å². The van der Waals surface area contributed by atoms with Gasteiger partial charge in [0.25, 0.3) is 5.97 Å². The zero-order chi connectivity index (χ0) is 8.08. The molecular weight excluding hydrogens is 217 g/mol. The van der Waals surface area contributed by atoms with Crippen molar-refractivity contribution in [2.24, 2.45) is 0 Å². The summed E-state index contributed by atoms with van der Waals surface area (Å²) in [5, 5.41) is 7.42. The van der Waals surface area contributed by atoms with Gasteiger partial charge >= 0.3 is 0 Å². The van der Waals surface area contributed by atoms with Crippen LogP contribution < -0.4 is 0 Å². The average molecular weight is 223 g/mol. The monoisotopic (exact) mass is 221 g/mol. The third-order valence-corrected chi connectivity index (χ3v) is 0. The van der Waals surface area contributed by atoms with Crippen LogP contribution in [0.25, 0.3) is 0 Å². The van der Waals surface area contributed by atoms with Crippen LogP contribution in [0.3, 0.4) is 0 Å². The molecule has 0 aliphatic carbocycles. The average Bonchev–Trinajstić information content (AvgIpc) is 1.19. The van der Waals surface area contributed by atoms with Crippen molar-refractivity contribution in [2.45, 2.75) is 6.92 Å². The fraction of sp³-hybridized carbons (Fsp3) is 0.500. The summed E-state index contributed by atoms with van der Waals surface area (Å²) in [6.07, 6.45) is 0. The van der Waals surface area contributed by atoms with Crippen molar-refractivity contribution in [1.82, 2.24) is 0 Å². The predicted molar refractivity (Wildman–Crippen MR) is 25.6 cm³/mol. The first kappa shape index (κ1) is 16.5. The molecule has 0 saturated heterocycles. The molecule has 0 unspecified atom stereocenters. The summed E-state index contributed by atoms with van der Waals surface area (Å²) in [5.74, 6) is -0.833. The molecule has 0 saturated carbocycles. The van der Waals surface area contributed by atoms with Gasteiger partial charge in [-0.15, -0.1) is 0 Å². The van der Waals surface area contributed by atoms with Crippen molar-refractivity contribution in [3.8, 4) is 0 Å². The molecule has 0 radical (unpaired) electrons. The molecule has 0 aromatic rings. The van der Waals surface area contributed by atoms with E-state index in [1.54, 1.807) is 0 Å². The fourth-order valence-corrected chi connectivity index (χ4v) is 0. The van der Waals surface area contributed by atoms with Crippen molar-refractivity contribution in [2.75, 3.05) is 0 Å². The maximum Gasteiger partial charge on any atom is 0.300 e. The minimum absolute atomic E-state index is 0. The Hall–Kier alpha value is -0.0366. The van der Waals surface area contributed by atoms with E-state index in [9.17, 15) is 0 Å². The molecule has 0 aromatic carbocycles. The van der Waals surface area contributed by atoms with Crippen LogP contribution >= 0.6 is 0 Å². The molecule has 0 aliphatic heterocycles. The summed E-state index contributed by atoms with van der Waals surface area (Å²) in [5.41, 5.74) is 0. The maximum absolute atomic E-state index is 9.00. The summed E-state index contributed by atoms with van der Waals surface area (Å²) in [6, 6.07) is 0. The Morgan fingerprint density at radius 1 is 1.50 bits per heavy atom. The van der Waals surface area contributed by atoms with Gasteiger partial charge in [-0.05, 0) is 0 Å². The second-order valence-electron chi connectivity index (χ2n) is 0.947. The van der Waals surface area contributed by atoms with E-state index >= 15 is 0 Å². The van der Waals surface area contributed by atoms with Crippen LogP contribution in [0, 0.1) is 0 Å². The normalized spacial score (nSPS) is 8.30. The van der Waals surface area contributed by atoms with Crippen molar-refractivity contribution < 1.29 is 46.9 Å². The number of carbonyl (C=O) groups is 1. The maximum atomic E-state index is 9.00. The van der Waals surface area contributed by atoms with E-state index in [-0.39, 0.29) is 19.5 Å². The van der Waals surface area contributed by atoms with Gasteiger partial charge in [0.15, 0.2) is 0 Å². The van der Waals surface area contributed by atoms with Crippen LogP contribution in [0.1, 0.15) is 6.92 Å². The third-order valence-electron chi connectivity index (χ3n) is 0. The van der Waals surface area contributed by atoms with Crippen LogP contribution in [-0.4, -0.2) is 28.6 Å². The second-order valence-corrected chi connectivity index (χ2v) is 1.80. The fourth-order valence-electron chi connectivity index (χ4n) is 0. The van der Waals surface area contributed by atoms with Gasteiger partial charge in [0.05, 0.1) is 0 Å². The van der Waals surface area contributed by atoms with Gasteiger partial charge in [-0.2, -0.15) is 0 Å². The van der Waals surface area contributed by atoms with Crippen LogP contribution in [0.5, 0.6) is 0 Å². The van der Waals surface area contributed by atoms with Crippen LogP contribution in [0.2, 0.25) is 0 Å². The summed E-state index contributed by atoms with van der Waals surface area (Å²) in [7, 11) is -4.92. The molecule has 0 aromatic heterocycles. The largest absolute Gasteiger partial charge is 0.726 e. The third kappa shape index (κ3) is 288000. The van der Waals surface area contributed by atoms with Crippen LogP contribution in [0.4, 0.5) is 0 Å². The molecule has 0 spiro atoms. The number of carboxylic acid groups (broad SMARTS) is 1. The van der Waals surface area contributed by atoms with Gasteiger partial charge < -0.3 is 9.66 Å². The number of hydrogen-bond donors (Lipinski definition) is 2. The minimum Gasteiger partial charge on any atom is -0.726 e. The smallest absolute Gasteiger partial charge is 0.300 e. The Morgan fingerprint density at radius 2 is 1.50 bits per heavy atom. The van der Waals surface area contributed by atoms with Crippen LogP contribution in [-0.2, 0) is 34.7 Å². The molecule has 0 heterocycles. The molecule has 0 amide bonds. The van der Waals surface area contributed by atoms with E-state index in [0.717, 1.165) is 6.92 Å². The Bertz CT molecular complexity index is 158. The Kier molecular flexibility index (Phi) is 11.7. The molecule has 0 bridgehead atoms. The van der Waals surface area contributed by atoms with E-state index in [2.05, 4.69) is 0 Å². The van der Waals surface area contributed by atoms with E-state index in [4.69, 9.17) is 27.4 Å². The van der Waals surface area contributed by atoms with E-state index in [1.165, 1.54) is 0 Å². The Balaban J connectivity index is -0.0000000910. The quantitative estimate of drug-likeness (QED) is 0.312. The Morgan fingerprint density at radius 3 is 1.50 bits per heavy atom. The first-order valence-electron chi connectivity index (χ1n) is 1.61. The summed E-state index contributed by atoms with van der Waals surface area (Å²) in [4.78, 5) is 9.00. The SMILES string of the molecule is CC(=O)O.O=S(=O)([O-])O.[Zn]. The molecule has 58 valence electrons. The zero-order valence-electron chi connectivity index (χ0n) is 5.14. The van der Waals surface area contributed by atoms with E-state index < -0.39 is 16.4 Å². The molecule has 0 rings (SSSR count). The number of hydrogen-bond acceptors (Lipinski definition) is 4. The standard InChI is InChI=1S/C2H4O2.H2O4S.Zn/c1-2(3)4;1-5(2,3)4;/h1H3,(H,3,4);(H2,1,2,3,4);/p-1. The van der Waals surface area contributed by atoms with Crippen molar-refractivity contribution in [1.29, 1.82) is 0 Å². The van der Waals surface area contributed by atoms with Crippen LogP contribution in [0.15, 0.2) is 0 Å². The van der Waals surface area contributed by atoms with E-state index in [0.29, 0.717) is 0 Å². The summed E-state index contributed by atoms with van der Waals surface area (Å²) in [6.45, 7) is 1.08. The molecule has 6 nitrogen and oxygen atoms in total. The molecule has 0 aliphatic rings. The van der Waals surface area contributed by atoms with Gasteiger partial charge in [-0.25, -0.2) is 8.42 Å². The summed E-state index contributed by atoms with van der Waals surface area (Å²) < 4.78 is 32.8. The molecule has 10 heavy (non-hydrogen) atoms. The van der Waals surface area contributed by atoms with Gasteiger partial charge in [0.2, 0.25) is 10.4 Å². The summed E-state index contributed by atoms with van der Waals surface area (Å²) >= 11 is 0. The van der Waals surface area contributed by atoms with Gasteiger partial charge in [0, 0.05) is 26.4 Å². The first-order chi connectivity index (χ1) is 3.73. The molecule has 0 atom stereocenters. The molecule has 0 fully saturated rings. The van der Waals surface area contributed by atoms with E-state index in [1.807, 2.05) is 0 Å². The Labute approximate surface area is 70.6 Å². The van der Waals surface area contributed by atoms with Gasteiger partial charge in [-0.3, -0.25) is 9.35 Å². The molecule has 8 heteroatoms. The molecular formula is C2H5O6SZn-. The van der Waals surface area contributed by atoms with Crippen molar-refractivity contribution in [3.05, 3.63) is 0 Å². The minimum atomic E-state index is -4.92. The van der Waals surface area contributed by atoms with Gasteiger partial charge in [0.1, 0.15) is 0 Å². The number of rotatable bonds is 0. The second kappa shape index (κ2) is 7.07. The molecule has 2 N–H and O–H groups in total. The number of aliphatic carboxylic acids is 1. The van der Waals surface area contributed by atoms with Crippen molar-refractivity contribution in [3.63, 3.8) is 0 Å². The van der Waals surface area contributed by atoms with Crippen molar-refractivity contribution >= 4 is 16.4 Å². The van der Waals surface area contributed by atoms with Gasteiger partial charge in [-0.1, -0.05) is 0 Å². The number of carboxylic acids is 1. The zero-order valence-corrected chi connectivity index (χ0v) is 8.93. The predicted octanol–water partition coefficient (Wildman–Crippen LogP) is -0.907.